The summed E-state index contributed by atoms with van der Waals surface area (Å²) in [5.41, 5.74) is 0. The van der Waals surface area contributed by atoms with Crippen LogP contribution in [0.2, 0.25) is 0 Å². The van der Waals surface area contributed by atoms with Crippen LogP contribution >= 0.6 is 0 Å². The number of carbonyl (C=O) groups is 2. The first kappa shape index (κ1) is 14.1. The van der Waals surface area contributed by atoms with Crippen LogP contribution in [0.5, 0.6) is 0 Å². The number of aliphatic carboxylic acids is 1. The number of nitrogens with one attached hydrogen (secondary N) is 2. The fourth-order valence-electron chi connectivity index (χ4n) is 1.16. The van der Waals surface area contributed by atoms with E-state index in [9.17, 15) is 9.59 Å². The van der Waals surface area contributed by atoms with E-state index in [-0.39, 0.29) is 24.7 Å². The molecule has 0 saturated heterocycles. The molecule has 1 aromatic rings. The van der Waals surface area contributed by atoms with E-state index in [0.717, 1.165) is 0 Å². The molecular weight excluding hydrogens is 240 g/mol. The highest BCUT2D eigenvalue weighted by molar-refractivity contribution is 5.90. The Balaban J connectivity index is 2.43. The number of carboxylic acids is 1. The molecule has 18 heavy (non-hydrogen) atoms. The Kier molecular flexibility index (Phi) is 4.78. The summed E-state index contributed by atoms with van der Waals surface area (Å²) in [4.78, 5) is 25.9. The van der Waals surface area contributed by atoms with Crippen LogP contribution in [0, 0.1) is 0 Å². The number of nitrogens with zero attached hydrogens (tertiary/aromatic N) is 2. The van der Waals surface area contributed by atoms with Gasteiger partial charge in [-0.05, 0) is 0 Å². The first-order valence-electron chi connectivity index (χ1n) is 5.53. The van der Waals surface area contributed by atoms with Crippen molar-refractivity contribution in [1.82, 2.24) is 20.5 Å². The van der Waals surface area contributed by atoms with Crippen LogP contribution in [0.25, 0.3) is 0 Å². The van der Waals surface area contributed by atoms with Gasteiger partial charge in [0.05, 0.1) is 0 Å². The lowest BCUT2D eigenvalue weighted by atomic mass is 10.2. The number of H-pyrrole nitrogens is 1. The molecule has 0 fully saturated rings. The fourth-order valence-corrected chi connectivity index (χ4v) is 1.16. The molecule has 0 aromatic carbocycles. The molecule has 1 amide bonds. The van der Waals surface area contributed by atoms with Crippen LogP contribution in [0.1, 0.15) is 42.6 Å². The van der Waals surface area contributed by atoms with Crippen molar-refractivity contribution in [2.45, 2.75) is 32.3 Å². The minimum absolute atomic E-state index is 0.00325. The highest BCUT2D eigenvalue weighted by Gasteiger charge is 2.16. The minimum Gasteiger partial charge on any atom is -0.479 e. The number of rotatable bonds is 6. The molecule has 100 valence electrons. The number of aromatic amines is 1. The van der Waals surface area contributed by atoms with Crippen LogP contribution < -0.4 is 5.32 Å². The molecule has 0 aliphatic heterocycles. The van der Waals surface area contributed by atoms with Gasteiger partial charge >= 0.3 is 5.97 Å². The number of aliphatic hydroxyl groups excluding tert-OH is 1. The normalized spacial score (nSPS) is 12.4. The van der Waals surface area contributed by atoms with Crippen molar-refractivity contribution in [2.24, 2.45) is 0 Å². The van der Waals surface area contributed by atoms with Crippen LogP contribution in [-0.2, 0) is 4.79 Å². The van der Waals surface area contributed by atoms with Crippen molar-refractivity contribution in [2.75, 3.05) is 6.54 Å². The van der Waals surface area contributed by atoms with Gasteiger partial charge in [0.15, 0.2) is 6.10 Å². The molecule has 1 atom stereocenters. The average Bonchev–Trinajstić information content (AvgIpc) is 2.77. The number of aromatic nitrogens is 3. The second-order valence-electron chi connectivity index (χ2n) is 4.10. The fraction of sp³-hybridized carbons (Fsp3) is 0.600. The first-order chi connectivity index (χ1) is 8.41. The summed E-state index contributed by atoms with van der Waals surface area (Å²) in [6.07, 6.45) is -1.55. The summed E-state index contributed by atoms with van der Waals surface area (Å²) in [7, 11) is 0. The summed E-state index contributed by atoms with van der Waals surface area (Å²) in [6, 6.07) is 0. The molecule has 8 heteroatoms. The monoisotopic (exact) mass is 256 g/mol. The average molecular weight is 256 g/mol. The van der Waals surface area contributed by atoms with Crippen molar-refractivity contribution < 1.29 is 19.8 Å². The maximum absolute atomic E-state index is 11.5. The molecule has 8 nitrogen and oxygen atoms in total. The van der Waals surface area contributed by atoms with Gasteiger partial charge in [-0.1, -0.05) is 13.8 Å². The van der Waals surface area contributed by atoms with E-state index in [1.54, 1.807) is 0 Å². The number of carbonyl (C=O) groups excluding carboxylic acids is 1. The lowest BCUT2D eigenvalue weighted by molar-refractivity contribution is -0.146. The predicted molar refractivity (Wildman–Crippen MR) is 61.1 cm³/mol. The number of hydrogen-bond donors (Lipinski definition) is 4. The van der Waals surface area contributed by atoms with E-state index < -0.39 is 18.0 Å². The van der Waals surface area contributed by atoms with Gasteiger partial charge in [0.1, 0.15) is 5.82 Å². The van der Waals surface area contributed by atoms with Gasteiger partial charge in [-0.2, -0.15) is 0 Å². The van der Waals surface area contributed by atoms with Gasteiger partial charge in [-0.3, -0.25) is 9.89 Å². The maximum atomic E-state index is 11.5. The number of carboxylic acid groups (broad SMARTS) is 1. The summed E-state index contributed by atoms with van der Waals surface area (Å²) < 4.78 is 0. The Hall–Kier alpha value is -1.96. The van der Waals surface area contributed by atoms with E-state index in [4.69, 9.17) is 10.2 Å². The van der Waals surface area contributed by atoms with Gasteiger partial charge < -0.3 is 15.5 Å². The summed E-state index contributed by atoms with van der Waals surface area (Å²) in [5.74, 6) is -1.08. The zero-order valence-electron chi connectivity index (χ0n) is 10.2. The Bertz CT molecular complexity index is 429. The van der Waals surface area contributed by atoms with E-state index in [1.165, 1.54) is 0 Å². The number of amides is 1. The largest absolute Gasteiger partial charge is 0.479 e. The van der Waals surface area contributed by atoms with E-state index in [1.807, 2.05) is 13.8 Å². The Morgan fingerprint density at radius 3 is 2.61 bits per heavy atom. The second-order valence-corrected chi connectivity index (χ2v) is 4.10. The van der Waals surface area contributed by atoms with Gasteiger partial charge in [-0.25, -0.2) is 9.78 Å². The van der Waals surface area contributed by atoms with Crippen molar-refractivity contribution in [1.29, 1.82) is 0 Å². The third-order valence-electron chi connectivity index (χ3n) is 2.24. The molecule has 4 N–H and O–H groups in total. The van der Waals surface area contributed by atoms with Crippen molar-refractivity contribution in [3.8, 4) is 0 Å². The van der Waals surface area contributed by atoms with Crippen LogP contribution in [0.4, 0.5) is 0 Å². The first-order valence-corrected chi connectivity index (χ1v) is 5.53. The summed E-state index contributed by atoms with van der Waals surface area (Å²) in [5, 5.41) is 26.2. The molecule has 0 spiro atoms. The molecule has 1 heterocycles. The van der Waals surface area contributed by atoms with E-state index in [0.29, 0.717) is 5.82 Å². The molecule has 1 aromatic heterocycles. The highest BCUT2D eigenvalue weighted by Crippen LogP contribution is 2.07. The molecule has 1 unspecified atom stereocenters. The Morgan fingerprint density at radius 2 is 2.11 bits per heavy atom. The predicted octanol–water partition coefficient (Wildman–Crippen LogP) is -0.506. The molecule has 0 aliphatic rings. The molecule has 0 radical (unpaired) electrons. The molecule has 0 saturated carbocycles. The van der Waals surface area contributed by atoms with Crippen LogP contribution in [0.3, 0.4) is 0 Å². The standard InChI is InChI=1S/C10H16N4O4/c1-5(2)7-12-8(14-13-7)9(16)11-4-3-6(15)10(17)18/h5-6,15H,3-4H2,1-2H3,(H,11,16)(H,17,18)(H,12,13,14). The van der Waals surface area contributed by atoms with Gasteiger partial charge in [0.25, 0.3) is 5.91 Å². The topological polar surface area (TPSA) is 128 Å². The second kappa shape index (κ2) is 6.10. The zero-order valence-corrected chi connectivity index (χ0v) is 10.2. The molecule has 0 bridgehead atoms. The van der Waals surface area contributed by atoms with Crippen molar-refractivity contribution in [3.63, 3.8) is 0 Å². The van der Waals surface area contributed by atoms with Crippen LogP contribution in [-0.4, -0.2) is 49.9 Å². The summed E-state index contributed by atoms with van der Waals surface area (Å²) in [6.45, 7) is 3.86. The minimum atomic E-state index is -1.48. The van der Waals surface area contributed by atoms with Gasteiger partial charge in [0, 0.05) is 18.9 Å². The van der Waals surface area contributed by atoms with Crippen LogP contribution in [0.15, 0.2) is 0 Å². The number of aliphatic hydroxyl groups is 1. The zero-order chi connectivity index (χ0) is 13.7. The molecular formula is C10H16N4O4. The highest BCUT2D eigenvalue weighted by atomic mass is 16.4. The molecule has 0 aliphatic carbocycles. The Labute approximate surface area is 103 Å². The number of hydrogen-bond acceptors (Lipinski definition) is 5. The van der Waals surface area contributed by atoms with Gasteiger partial charge in [-0.15, -0.1) is 5.10 Å². The van der Waals surface area contributed by atoms with E-state index >= 15 is 0 Å². The smallest absolute Gasteiger partial charge is 0.332 e. The molecule has 1 rings (SSSR count). The lowest BCUT2D eigenvalue weighted by Crippen LogP contribution is -2.30. The van der Waals surface area contributed by atoms with Gasteiger partial charge in [0.2, 0.25) is 5.82 Å². The maximum Gasteiger partial charge on any atom is 0.332 e. The van der Waals surface area contributed by atoms with E-state index in [2.05, 4.69) is 20.5 Å². The third kappa shape index (κ3) is 3.81. The lowest BCUT2D eigenvalue weighted by Gasteiger charge is -2.05. The van der Waals surface area contributed by atoms with Crippen molar-refractivity contribution in [3.05, 3.63) is 11.6 Å². The Morgan fingerprint density at radius 1 is 1.44 bits per heavy atom. The SMILES string of the molecule is CC(C)c1nc(C(=O)NCCC(O)C(=O)O)n[nH]1. The quantitative estimate of drug-likeness (QED) is 0.543. The van der Waals surface area contributed by atoms with Crippen molar-refractivity contribution >= 4 is 11.9 Å². The summed E-state index contributed by atoms with van der Waals surface area (Å²) >= 11 is 0. The third-order valence-corrected chi connectivity index (χ3v) is 2.24.